The Hall–Kier alpha value is -0.540. The van der Waals surface area contributed by atoms with Crippen molar-refractivity contribution in [1.29, 1.82) is 0 Å². The van der Waals surface area contributed by atoms with Gasteiger partial charge in [-0.05, 0) is 0 Å². The Balaban J connectivity index is 2.90. The minimum atomic E-state index is 0.442. The Bertz CT molecular complexity index is 222. The Kier molecular flexibility index (Phi) is 2.71. The average molecular weight is 173 g/mol. The van der Waals surface area contributed by atoms with Crippen LogP contribution in [0.3, 0.4) is 0 Å². The van der Waals surface area contributed by atoms with Crippen molar-refractivity contribution in [3.05, 3.63) is 23.8 Å². The van der Waals surface area contributed by atoms with E-state index in [-0.39, 0.29) is 0 Å². The van der Waals surface area contributed by atoms with Gasteiger partial charge >= 0.3 is 0 Å². The molecule has 1 heterocycles. The van der Waals surface area contributed by atoms with Crippen LogP contribution in [0.1, 0.15) is 11.4 Å². The van der Waals surface area contributed by atoms with Crippen LogP contribution in [0.15, 0.2) is 12.4 Å². The fourth-order valence-corrected chi connectivity index (χ4v) is 0.754. The maximum Gasteiger partial charge on any atom is 0.162 e. The van der Waals surface area contributed by atoms with Crippen molar-refractivity contribution in [2.45, 2.75) is 5.88 Å². The molecule has 0 radical (unpaired) electrons. The van der Waals surface area contributed by atoms with E-state index in [0.29, 0.717) is 11.7 Å². The molecular formula is C6H5ClN2S. The zero-order chi connectivity index (χ0) is 7.40. The third kappa shape index (κ3) is 1.72. The van der Waals surface area contributed by atoms with Crippen LogP contribution in [0.25, 0.3) is 0 Å². The molecule has 10 heavy (non-hydrogen) atoms. The molecule has 0 saturated heterocycles. The summed E-state index contributed by atoms with van der Waals surface area (Å²) in [7, 11) is 0. The molecule has 0 aliphatic heterocycles. The summed E-state index contributed by atoms with van der Waals surface area (Å²) in [4.78, 5) is 7.83. The Morgan fingerprint density at radius 3 is 2.50 bits per heavy atom. The predicted molar refractivity (Wildman–Crippen MR) is 44.3 cm³/mol. The van der Waals surface area contributed by atoms with Crippen molar-refractivity contribution >= 4 is 29.2 Å². The molecule has 52 valence electrons. The summed E-state index contributed by atoms with van der Waals surface area (Å²) < 4.78 is 0. The highest BCUT2D eigenvalue weighted by molar-refractivity contribution is 7.79. The molecule has 0 fully saturated rings. The van der Waals surface area contributed by atoms with E-state index in [4.69, 9.17) is 11.6 Å². The second kappa shape index (κ2) is 3.58. The first kappa shape index (κ1) is 7.57. The van der Waals surface area contributed by atoms with Gasteiger partial charge in [-0.2, -0.15) is 0 Å². The first-order chi connectivity index (χ1) is 4.86. The highest BCUT2D eigenvalue weighted by Gasteiger charge is 1.91. The van der Waals surface area contributed by atoms with E-state index in [1.165, 1.54) is 5.37 Å². The second-order valence-electron chi connectivity index (χ2n) is 1.70. The van der Waals surface area contributed by atoms with E-state index < -0.39 is 0 Å². The zero-order valence-corrected chi connectivity index (χ0v) is 6.69. The van der Waals surface area contributed by atoms with Gasteiger partial charge in [0.15, 0.2) is 5.82 Å². The van der Waals surface area contributed by atoms with Gasteiger partial charge in [-0.3, -0.25) is 0 Å². The highest BCUT2D eigenvalue weighted by Crippen LogP contribution is 1.98. The summed E-state index contributed by atoms with van der Waals surface area (Å²) in [6.07, 6.45) is 3.33. The second-order valence-corrected chi connectivity index (χ2v) is 2.20. The van der Waals surface area contributed by atoms with Crippen LogP contribution in [-0.2, 0) is 5.88 Å². The Labute approximate surface area is 69.3 Å². The number of rotatable bonds is 2. The summed E-state index contributed by atoms with van der Waals surface area (Å²) in [5.74, 6) is 1.00. The molecule has 0 atom stereocenters. The maximum atomic E-state index is 5.51. The number of alkyl halides is 1. The van der Waals surface area contributed by atoms with E-state index in [1.807, 2.05) is 0 Å². The summed E-state index contributed by atoms with van der Waals surface area (Å²) >= 11 is 10.1. The predicted octanol–water partition coefficient (Wildman–Crippen LogP) is 1.56. The minimum Gasteiger partial charge on any atom is -0.236 e. The molecule has 0 amide bonds. The van der Waals surface area contributed by atoms with E-state index in [1.54, 1.807) is 12.4 Å². The lowest BCUT2D eigenvalue weighted by Gasteiger charge is -1.92. The largest absolute Gasteiger partial charge is 0.236 e. The normalized spacial score (nSPS) is 9.30. The van der Waals surface area contributed by atoms with Crippen molar-refractivity contribution in [1.82, 2.24) is 9.97 Å². The first-order valence-corrected chi connectivity index (χ1v) is 3.69. The number of aromatic nitrogens is 2. The number of hydrogen-bond acceptors (Lipinski definition) is 3. The third-order valence-corrected chi connectivity index (χ3v) is 1.50. The minimum absolute atomic E-state index is 0.442. The fraction of sp³-hybridized carbons (Fsp3) is 0.167. The van der Waals surface area contributed by atoms with Gasteiger partial charge in [-0.15, -0.1) is 11.6 Å². The van der Waals surface area contributed by atoms with Crippen molar-refractivity contribution in [2.24, 2.45) is 0 Å². The molecule has 0 saturated carbocycles. The molecule has 0 aliphatic rings. The smallest absolute Gasteiger partial charge is 0.162 e. The number of hydrogen-bond donors (Lipinski definition) is 0. The van der Waals surface area contributed by atoms with Crippen LogP contribution in [0.2, 0.25) is 0 Å². The molecule has 0 bridgehead atoms. The molecule has 0 aliphatic carbocycles. The number of thiocarbonyl (C=S) groups is 1. The van der Waals surface area contributed by atoms with Crippen LogP contribution in [0.5, 0.6) is 0 Å². The average Bonchev–Trinajstić information content (AvgIpc) is 2.05. The van der Waals surface area contributed by atoms with Crippen molar-refractivity contribution in [3.63, 3.8) is 0 Å². The van der Waals surface area contributed by atoms with E-state index in [9.17, 15) is 0 Å². The molecule has 1 aromatic rings. The van der Waals surface area contributed by atoms with Gasteiger partial charge < -0.3 is 0 Å². The van der Waals surface area contributed by atoms with Gasteiger partial charge in [0.1, 0.15) is 0 Å². The molecule has 4 heteroatoms. The van der Waals surface area contributed by atoms with Gasteiger partial charge in [0.05, 0.1) is 5.88 Å². The van der Waals surface area contributed by atoms with Crippen LogP contribution in [0, 0.1) is 0 Å². The van der Waals surface area contributed by atoms with Crippen molar-refractivity contribution < 1.29 is 0 Å². The Morgan fingerprint density at radius 1 is 1.50 bits per heavy atom. The SMILES string of the molecule is S=Cc1ncc(CCl)cn1. The van der Waals surface area contributed by atoms with Crippen LogP contribution < -0.4 is 0 Å². The molecule has 2 nitrogen and oxygen atoms in total. The summed E-state index contributed by atoms with van der Waals surface area (Å²) in [5.41, 5.74) is 0.905. The lowest BCUT2D eigenvalue weighted by atomic mass is 10.4. The van der Waals surface area contributed by atoms with Crippen LogP contribution in [0.4, 0.5) is 0 Å². The summed E-state index contributed by atoms with van der Waals surface area (Å²) in [5, 5.41) is 1.43. The standard InChI is InChI=1S/C6H5ClN2S/c7-1-5-2-8-6(4-10)9-3-5/h2-4H,1H2. The maximum absolute atomic E-state index is 5.51. The van der Waals surface area contributed by atoms with Crippen molar-refractivity contribution in [2.75, 3.05) is 0 Å². The first-order valence-electron chi connectivity index (χ1n) is 2.69. The molecule has 0 aromatic carbocycles. The van der Waals surface area contributed by atoms with E-state index in [0.717, 1.165) is 5.56 Å². The lowest BCUT2D eigenvalue weighted by Crippen LogP contribution is -1.91. The summed E-state index contributed by atoms with van der Waals surface area (Å²) in [6, 6.07) is 0. The molecule has 1 aromatic heterocycles. The van der Waals surface area contributed by atoms with Gasteiger partial charge in [0.2, 0.25) is 0 Å². The lowest BCUT2D eigenvalue weighted by molar-refractivity contribution is 1.10. The fourth-order valence-electron chi connectivity index (χ4n) is 0.495. The summed E-state index contributed by atoms with van der Waals surface area (Å²) in [6.45, 7) is 0. The van der Waals surface area contributed by atoms with Crippen LogP contribution in [-0.4, -0.2) is 15.3 Å². The molecule has 0 N–H and O–H groups in total. The van der Waals surface area contributed by atoms with Gasteiger partial charge in [0.25, 0.3) is 0 Å². The number of halogens is 1. The van der Waals surface area contributed by atoms with E-state index in [2.05, 4.69) is 22.2 Å². The monoisotopic (exact) mass is 172 g/mol. The molecule has 0 spiro atoms. The Morgan fingerprint density at radius 2 is 2.10 bits per heavy atom. The number of nitrogens with zero attached hydrogens (tertiary/aromatic N) is 2. The third-order valence-electron chi connectivity index (χ3n) is 0.985. The van der Waals surface area contributed by atoms with Gasteiger partial charge in [0, 0.05) is 23.3 Å². The highest BCUT2D eigenvalue weighted by atomic mass is 35.5. The van der Waals surface area contributed by atoms with E-state index >= 15 is 0 Å². The molecule has 0 unspecified atom stereocenters. The topological polar surface area (TPSA) is 25.8 Å². The quantitative estimate of drug-likeness (QED) is 0.500. The zero-order valence-electron chi connectivity index (χ0n) is 5.12. The van der Waals surface area contributed by atoms with Gasteiger partial charge in [-0.1, -0.05) is 12.2 Å². The molecule has 1 rings (SSSR count). The molecular weight excluding hydrogens is 168 g/mol. The van der Waals surface area contributed by atoms with Crippen LogP contribution >= 0.6 is 23.8 Å². The van der Waals surface area contributed by atoms with Gasteiger partial charge in [-0.25, -0.2) is 9.97 Å². The van der Waals surface area contributed by atoms with Crippen molar-refractivity contribution in [3.8, 4) is 0 Å².